The minimum absolute atomic E-state index is 0.0225. The summed E-state index contributed by atoms with van der Waals surface area (Å²) in [4.78, 5) is 12.7. The van der Waals surface area contributed by atoms with Gasteiger partial charge in [-0.05, 0) is 54.9 Å². The summed E-state index contributed by atoms with van der Waals surface area (Å²) in [6.07, 6.45) is 4.71. The number of hydrogen-bond donors (Lipinski definition) is 1. The topological polar surface area (TPSA) is 59.8 Å². The van der Waals surface area contributed by atoms with Gasteiger partial charge in [-0.3, -0.25) is 9.36 Å². The van der Waals surface area contributed by atoms with E-state index < -0.39 is 0 Å². The summed E-state index contributed by atoms with van der Waals surface area (Å²) >= 11 is 1.47. The molecule has 0 unspecified atom stereocenters. The van der Waals surface area contributed by atoms with Gasteiger partial charge in [0.25, 0.3) is 0 Å². The summed E-state index contributed by atoms with van der Waals surface area (Å²) in [5.41, 5.74) is 5.56. The third kappa shape index (κ3) is 5.49. The van der Waals surface area contributed by atoms with Gasteiger partial charge in [-0.25, -0.2) is 0 Å². The zero-order valence-electron chi connectivity index (χ0n) is 20.3. The Labute approximate surface area is 201 Å². The number of aryl methyl sites for hydroxylation is 2. The van der Waals surface area contributed by atoms with Crippen molar-refractivity contribution in [1.29, 1.82) is 0 Å². The summed E-state index contributed by atoms with van der Waals surface area (Å²) in [5, 5.41) is 13.0. The van der Waals surface area contributed by atoms with E-state index >= 15 is 0 Å². The predicted octanol–water partition coefficient (Wildman–Crippen LogP) is 6.71. The van der Waals surface area contributed by atoms with E-state index in [1.807, 2.05) is 26.0 Å². The first-order chi connectivity index (χ1) is 15.7. The van der Waals surface area contributed by atoms with Crippen LogP contribution in [-0.4, -0.2) is 26.4 Å². The molecule has 0 spiro atoms. The van der Waals surface area contributed by atoms with Gasteiger partial charge in [-0.1, -0.05) is 81.8 Å². The molecule has 0 aliphatic heterocycles. The lowest BCUT2D eigenvalue weighted by Crippen LogP contribution is -2.16. The highest BCUT2D eigenvalue weighted by molar-refractivity contribution is 7.99. The molecule has 4 rings (SSSR count). The zero-order chi connectivity index (χ0) is 23.6. The SMILES string of the molecule is Cc1ccc(C)c(NC(=O)CSc2nnc(-c3ccc(C(C)(C)C)cc3)n2C2CCCC2)c1. The Bertz CT molecular complexity index is 1120. The van der Waals surface area contributed by atoms with Crippen molar-refractivity contribution in [2.75, 3.05) is 11.1 Å². The van der Waals surface area contributed by atoms with Crippen LogP contribution in [0.2, 0.25) is 0 Å². The van der Waals surface area contributed by atoms with Crippen LogP contribution in [0.5, 0.6) is 0 Å². The fourth-order valence-corrected chi connectivity index (χ4v) is 5.18. The molecule has 1 aromatic heterocycles. The van der Waals surface area contributed by atoms with Crippen molar-refractivity contribution in [2.45, 2.75) is 76.9 Å². The maximum absolute atomic E-state index is 12.7. The molecule has 0 atom stereocenters. The molecular formula is C27H34N4OS. The van der Waals surface area contributed by atoms with Crippen LogP contribution in [0.15, 0.2) is 47.6 Å². The van der Waals surface area contributed by atoms with Crippen molar-refractivity contribution >= 4 is 23.4 Å². The van der Waals surface area contributed by atoms with E-state index in [4.69, 9.17) is 0 Å². The minimum atomic E-state index is -0.0225. The van der Waals surface area contributed by atoms with Gasteiger partial charge in [0, 0.05) is 17.3 Å². The first-order valence-corrected chi connectivity index (χ1v) is 12.8. The van der Waals surface area contributed by atoms with E-state index in [2.05, 4.69) is 71.2 Å². The summed E-state index contributed by atoms with van der Waals surface area (Å²) in [6, 6.07) is 15.2. The number of amides is 1. The van der Waals surface area contributed by atoms with Crippen LogP contribution in [0.3, 0.4) is 0 Å². The number of rotatable bonds is 6. The fraction of sp³-hybridized carbons (Fsp3) is 0.444. The van der Waals surface area contributed by atoms with Crippen molar-refractivity contribution in [3.8, 4) is 11.4 Å². The molecule has 0 bridgehead atoms. The number of aromatic nitrogens is 3. The van der Waals surface area contributed by atoms with E-state index in [1.165, 1.54) is 30.2 Å². The molecule has 0 saturated heterocycles. The van der Waals surface area contributed by atoms with Crippen molar-refractivity contribution in [3.05, 3.63) is 59.2 Å². The Morgan fingerprint density at radius 1 is 1.06 bits per heavy atom. The lowest BCUT2D eigenvalue weighted by molar-refractivity contribution is -0.113. The molecule has 5 nitrogen and oxygen atoms in total. The number of nitrogens with zero attached hydrogens (tertiary/aromatic N) is 3. The first kappa shape index (κ1) is 23.6. The smallest absolute Gasteiger partial charge is 0.234 e. The minimum Gasteiger partial charge on any atom is -0.325 e. The number of thioether (sulfide) groups is 1. The summed E-state index contributed by atoms with van der Waals surface area (Å²) < 4.78 is 2.27. The van der Waals surface area contributed by atoms with Crippen molar-refractivity contribution in [1.82, 2.24) is 14.8 Å². The van der Waals surface area contributed by atoms with Gasteiger partial charge in [0.1, 0.15) is 0 Å². The largest absolute Gasteiger partial charge is 0.325 e. The molecule has 1 saturated carbocycles. The van der Waals surface area contributed by atoms with Crippen LogP contribution in [-0.2, 0) is 10.2 Å². The first-order valence-electron chi connectivity index (χ1n) is 11.8. The number of nitrogens with one attached hydrogen (secondary N) is 1. The molecule has 1 N–H and O–H groups in total. The van der Waals surface area contributed by atoms with Gasteiger partial charge in [-0.15, -0.1) is 10.2 Å². The summed E-state index contributed by atoms with van der Waals surface area (Å²) in [5.74, 6) is 1.19. The molecule has 174 valence electrons. The molecule has 33 heavy (non-hydrogen) atoms. The van der Waals surface area contributed by atoms with E-state index in [-0.39, 0.29) is 11.3 Å². The maximum atomic E-state index is 12.7. The van der Waals surface area contributed by atoms with Gasteiger partial charge >= 0.3 is 0 Å². The molecule has 1 amide bonds. The molecule has 6 heteroatoms. The lowest BCUT2D eigenvalue weighted by Gasteiger charge is -2.20. The van der Waals surface area contributed by atoms with Crippen molar-refractivity contribution in [3.63, 3.8) is 0 Å². The molecule has 3 aromatic rings. The van der Waals surface area contributed by atoms with Gasteiger partial charge in [-0.2, -0.15) is 0 Å². The summed E-state index contributed by atoms with van der Waals surface area (Å²) in [6.45, 7) is 10.7. The Morgan fingerprint density at radius 3 is 2.42 bits per heavy atom. The normalized spacial score (nSPS) is 14.6. The predicted molar refractivity (Wildman–Crippen MR) is 137 cm³/mol. The van der Waals surface area contributed by atoms with Gasteiger partial charge in [0.15, 0.2) is 11.0 Å². The fourth-order valence-electron chi connectivity index (χ4n) is 4.37. The molecule has 1 fully saturated rings. The van der Waals surface area contributed by atoms with Gasteiger partial charge in [0.05, 0.1) is 5.75 Å². The second-order valence-corrected chi connectivity index (χ2v) is 11.0. The van der Waals surface area contributed by atoms with E-state index in [9.17, 15) is 4.79 Å². The Hall–Kier alpha value is -2.60. The summed E-state index contributed by atoms with van der Waals surface area (Å²) in [7, 11) is 0. The van der Waals surface area contributed by atoms with Gasteiger partial charge < -0.3 is 5.32 Å². The van der Waals surface area contributed by atoms with E-state index in [1.54, 1.807) is 0 Å². The highest BCUT2D eigenvalue weighted by Crippen LogP contribution is 2.37. The monoisotopic (exact) mass is 462 g/mol. The van der Waals surface area contributed by atoms with Crippen LogP contribution in [0, 0.1) is 13.8 Å². The van der Waals surface area contributed by atoms with E-state index in [0.29, 0.717) is 11.8 Å². The number of hydrogen-bond acceptors (Lipinski definition) is 4. The van der Waals surface area contributed by atoms with Crippen LogP contribution >= 0.6 is 11.8 Å². The standard InChI is InChI=1S/C27H34N4OS/c1-18-10-11-19(2)23(16-18)28-24(32)17-33-26-30-29-25(31(26)22-8-6-7-9-22)20-12-14-21(15-13-20)27(3,4)5/h10-16,22H,6-9,17H2,1-5H3,(H,28,32). The van der Waals surface area contributed by atoms with Crippen LogP contribution in [0.1, 0.15) is 69.2 Å². The number of carbonyl (C=O) groups excluding carboxylic acids is 1. The molecule has 0 radical (unpaired) electrons. The highest BCUT2D eigenvalue weighted by Gasteiger charge is 2.25. The lowest BCUT2D eigenvalue weighted by atomic mass is 9.86. The van der Waals surface area contributed by atoms with Crippen LogP contribution in [0.25, 0.3) is 11.4 Å². The van der Waals surface area contributed by atoms with Gasteiger partial charge in [0.2, 0.25) is 5.91 Å². The average molecular weight is 463 g/mol. The number of benzene rings is 2. The Balaban J connectivity index is 1.54. The molecular weight excluding hydrogens is 428 g/mol. The third-order valence-corrected chi connectivity index (χ3v) is 7.31. The van der Waals surface area contributed by atoms with Crippen molar-refractivity contribution < 1.29 is 4.79 Å². The maximum Gasteiger partial charge on any atom is 0.234 e. The molecule has 1 aliphatic carbocycles. The Morgan fingerprint density at radius 2 is 1.76 bits per heavy atom. The second-order valence-electron chi connectivity index (χ2n) is 10.1. The second kappa shape index (κ2) is 9.72. The number of anilines is 1. The van der Waals surface area contributed by atoms with E-state index in [0.717, 1.165) is 46.2 Å². The zero-order valence-corrected chi connectivity index (χ0v) is 21.1. The average Bonchev–Trinajstić information content (AvgIpc) is 3.44. The van der Waals surface area contributed by atoms with Crippen LogP contribution < -0.4 is 5.32 Å². The highest BCUT2D eigenvalue weighted by atomic mass is 32.2. The molecule has 1 heterocycles. The molecule has 2 aromatic carbocycles. The van der Waals surface area contributed by atoms with Crippen molar-refractivity contribution in [2.24, 2.45) is 0 Å². The van der Waals surface area contributed by atoms with Crippen LogP contribution in [0.4, 0.5) is 5.69 Å². The quantitative estimate of drug-likeness (QED) is 0.414. The third-order valence-electron chi connectivity index (χ3n) is 6.36. The molecule has 1 aliphatic rings. The number of carbonyl (C=O) groups is 1. The Kier molecular flexibility index (Phi) is 6.94.